The van der Waals surface area contributed by atoms with E-state index in [1.807, 2.05) is 13.0 Å². The molecular formula is C11H12ClNO. The van der Waals surface area contributed by atoms with Gasteiger partial charge in [0.05, 0.1) is 0 Å². The summed E-state index contributed by atoms with van der Waals surface area (Å²) in [7, 11) is 0. The third kappa shape index (κ3) is 2.89. The maximum atomic E-state index is 11.5. The molecule has 0 aliphatic rings. The van der Waals surface area contributed by atoms with Gasteiger partial charge < -0.3 is 5.32 Å². The fourth-order valence-corrected chi connectivity index (χ4v) is 1.42. The van der Waals surface area contributed by atoms with Crippen molar-refractivity contribution >= 4 is 17.5 Å². The van der Waals surface area contributed by atoms with Crippen LogP contribution in [0.5, 0.6) is 0 Å². The van der Waals surface area contributed by atoms with E-state index in [2.05, 4.69) is 11.9 Å². The third-order valence-electron chi connectivity index (χ3n) is 1.71. The number of rotatable bonds is 3. The lowest BCUT2D eigenvalue weighted by molar-refractivity contribution is 0.0958. The first kappa shape index (κ1) is 10.8. The van der Waals surface area contributed by atoms with Gasteiger partial charge in [0.25, 0.3) is 5.91 Å². The van der Waals surface area contributed by atoms with Gasteiger partial charge >= 0.3 is 0 Å². The Bertz CT molecular complexity index is 340. The summed E-state index contributed by atoms with van der Waals surface area (Å²) < 4.78 is 0. The van der Waals surface area contributed by atoms with Crippen LogP contribution in [0.15, 0.2) is 30.9 Å². The second kappa shape index (κ2) is 4.82. The Morgan fingerprint density at radius 3 is 2.86 bits per heavy atom. The number of carbonyl (C=O) groups is 1. The van der Waals surface area contributed by atoms with Crippen LogP contribution in [0.3, 0.4) is 0 Å². The summed E-state index contributed by atoms with van der Waals surface area (Å²) >= 11 is 5.83. The van der Waals surface area contributed by atoms with Crippen LogP contribution in [-0.4, -0.2) is 12.5 Å². The summed E-state index contributed by atoms with van der Waals surface area (Å²) in [6.07, 6.45) is 1.63. The molecule has 0 atom stereocenters. The van der Waals surface area contributed by atoms with Crippen molar-refractivity contribution in [3.05, 3.63) is 47.0 Å². The van der Waals surface area contributed by atoms with Crippen molar-refractivity contribution in [2.75, 3.05) is 6.54 Å². The zero-order valence-electron chi connectivity index (χ0n) is 8.01. The molecule has 14 heavy (non-hydrogen) atoms. The fourth-order valence-electron chi connectivity index (χ4n) is 1.13. The summed E-state index contributed by atoms with van der Waals surface area (Å²) in [5, 5.41) is 3.26. The summed E-state index contributed by atoms with van der Waals surface area (Å²) in [5.41, 5.74) is 1.55. The van der Waals surface area contributed by atoms with Crippen molar-refractivity contribution in [2.45, 2.75) is 6.92 Å². The molecule has 74 valence electrons. The van der Waals surface area contributed by atoms with Crippen LogP contribution in [0.25, 0.3) is 0 Å². The van der Waals surface area contributed by atoms with Crippen molar-refractivity contribution in [1.29, 1.82) is 0 Å². The van der Waals surface area contributed by atoms with Crippen LogP contribution in [-0.2, 0) is 0 Å². The molecule has 0 aromatic heterocycles. The van der Waals surface area contributed by atoms with E-state index in [1.165, 1.54) is 0 Å². The van der Waals surface area contributed by atoms with Gasteiger partial charge in [0.1, 0.15) is 0 Å². The molecule has 0 aliphatic carbocycles. The lowest BCUT2D eigenvalue weighted by Gasteiger charge is -2.03. The maximum Gasteiger partial charge on any atom is 0.251 e. The summed E-state index contributed by atoms with van der Waals surface area (Å²) in [6.45, 7) is 5.88. The van der Waals surface area contributed by atoms with E-state index in [-0.39, 0.29) is 5.91 Å². The third-order valence-corrected chi connectivity index (χ3v) is 1.93. The van der Waals surface area contributed by atoms with Gasteiger partial charge in [-0.3, -0.25) is 4.79 Å². The predicted molar refractivity (Wildman–Crippen MR) is 58.7 cm³/mol. The number of benzene rings is 1. The van der Waals surface area contributed by atoms with Gasteiger partial charge in [0.2, 0.25) is 0 Å². The van der Waals surface area contributed by atoms with E-state index in [0.717, 1.165) is 5.56 Å². The molecule has 0 spiro atoms. The number of hydrogen-bond donors (Lipinski definition) is 1. The smallest absolute Gasteiger partial charge is 0.251 e. The van der Waals surface area contributed by atoms with Gasteiger partial charge in [0.15, 0.2) is 0 Å². The van der Waals surface area contributed by atoms with Crippen LogP contribution >= 0.6 is 11.6 Å². The highest BCUT2D eigenvalue weighted by atomic mass is 35.5. The normalized spacial score (nSPS) is 9.57. The minimum absolute atomic E-state index is 0.129. The fraction of sp³-hybridized carbons (Fsp3) is 0.182. The van der Waals surface area contributed by atoms with Crippen molar-refractivity contribution in [3.63, 3.8) is 0 Å². The number of carbonyl (C=O) groups excluding carboxylic acids is 1. The number of amides is 1. The monoisotopic (exact) mass is 209 g/mol. The largest absolute Gasteiger partial charge is 0.349 e. The molecule has 0 bridgehead atoms. The molecule has 1 aromatic rings. The lowest BCUT2D eigenvalue weighted by Crippen LogP contribution is -2.23. The van der Waals surface area contributed by atoms with Crippen LogP contribution in [0.2, 0.25) is 5.02 Å². The molecule has 1 rings (SSSR count). The maximum absolute atomic E-state index is 11.5. The minimum atomic E-state index is -0.129. The van der Waals surface area contributed by atoms with Gasteiger partial charge in [-0.1, -0.05) is 17.7 Å². The van der Waals surface area contributed by atoms with Gasteiger partial charge in [-0.05, 0) is 30.7 Å². The predicted octanol–water partition coefficient (Wildman–Crippen LogP) is 2.56. The van der Waals surface area contributed by atoms with Crippen LogP contribution < -0.4 is 5.32 Å². The number of hydrogen-bond acceptors (Lipinski definition) is 1. The molecule has 3 heteroatoms. The van der Waals surface area contributed by atoms with Crippen molar-refractivity contribution in [3.8, 4) is 0 Å². The molecule has 0 saturated heterocycles. The van der Waals surface area contributed by atoms with Crippen LogP contribution in [0.4, 0.5) is 0 Å². The molecule has 2 nitrogen and oxygen atoms in total. The minimum Gasteiger partial charge on any atom is -0.349 e. The molecule has 0 aliphatic heterocycles. The Morgan fingerprint density at radius 2 is 2.29 bits per heavy atom. The van der Waals surface area contributed by atoms with Crippen molar-refractivity contribution in [2.24, 2.45) is 0 Å². The Hall–Kier alpha value is -1.28. The molecule has 0 saturated carbocycles. The highest BCUT2D eigenvalue weighted by Gasteiger charge is 2.05. The second-order valence-electron chi connectivity index (χ2n) is 3.02. The first-order valence-electron chi connectivity index (χ1n) is 4.30. The van der Waals surface area contributed by atoms with Crippen LogP contribution in [0, 0.1) is 6.92 Å². The molecular weight excluding hydrogens is 198 g/mol. The average Bonchev–Trinajstić information content (AvgIpc) is 2.12. The lowest BCUT2D eigenvalue weighted by atomic mass is 10.1. The van der Waals surface area contributed by atoms with E-state index in [0.29, 0.717) is 17.1 Å². The van der Waals surface area contributed by atoms with Gasteiger partial charge in [-0.25, -0.2) is 0 Å². The van der Waals surface area contributed by atoms with E-state index < -0.39 is 0 Å². The van der Waals surface area contributed by atoms with Crippen molar-refractivity contribution < 1.29 is 4.79 Å². The zero-order chi connectivity index (χ0) is 10.6. The molecule has 1 N–H and O–H groups in total. The van der Waals surface area contributed by atoms with Gasteiger partial charge in [-0.15, -0.1) is 6.58 Å². The molecule has 1 aromatic carbocycles. The Morgan fingerprint density at radius 1 is 1.57 bits per heavy atom. The number of nitrogens with one attached hydrogen (secondary N) is 1. The zero-order valence-corrected chi connectivity index (χ0v) is 8.77. The molecule has 1 amide bonds. The summed E-state index contributed by atoms with van der Waals surface area (Å²) in [4.78, 5) is 11.5. The number of halogens is 1. The van der Waals surface area contributed by atoms with Gasteiger partial charge in [0, 0.05) is 17.1 Å². The van der Waals surface area contributed by atoms with Gasteiger partial charge in [-0.2, -0.15) is 0 Å². The highest BCUT2D eigenvalue weighted by molar-refractivity contribution is 6.31. The van der Waals surface area contributed by atoms with E-state index in [4.69, 9.17) is 11.6 Å². The topological polar surface area (TPSA) is 29.1 Å². The van der Waals surface area contributed by atoms with E-state index in [1.54, 1.807) is 18.2 Å². The van der Waals surface area contributed by atoms with Crippen LogP contribution in [0.1, 0.15) is 15.9 Å². The second-order valence-corrected chi connectivity index (χ2v) is 3.45. The first-order valence-corrected chi connectivity index (χ1v) is 4.67. The summed E-state index contributed by atoms with van der Waals surface area (Å²) in [5.74, 6) is -0.129. The summed E-state index contributed by atoms with van der Waals surface area (Å²) in [6, 6.07) is 5.25. The molecule has 0 heterocycles. The quantitative estimate of drug-likeness (QED) is 0.762. The Balaban J connectivity index is 2.84. The first-order chi connectivity index (χ1) is 6.63. The molecule has 0 unspecified atom stereocenters. The van der Waals surface area contributed by atoms with E-state index in [9.17, 15) is 4.79 Å². The van der Waals surface area contributed by atoms with Crippen molar-refractivity contribution in [1.82, 2.24) is 5.32 Å². The Labute approximate surface area is 88.6 Å². The molecule has 0 radical (unpaired) electrons. The molecule has 0 fully saturated rings. The SMILES string of the molecule is C=CCNC(=O)c1cc(C)cc(Cl)c1. The van der Waals surface area contributed by atoms with E-state index >= 15 is 0 Å². The average molecular weight is 210 g/mol. The standard InChI is InChI=1S/C11H12ClNO/c1-3-4-13-11(14)9-5-8(2)6-10(12)7-9/h3,5-7H,1,4H2,2H3,(H,13,14). The highest BCUT2D eigenvalue weighted by Crippen LogP contribution is 2.14. The number of aryl methyl sites for hydroxylation is 1. The Kier molecular flexibility index (Phi) is 3.72.